The van der Waals surface area contributed by atoms with Crippen LogP contribution in [0.1, 0.15) is 24.0 Å². The van der Waals surface area contributed by atoms with Crippen molar-refractivity contribution in [2.45, 2.75) is 37.7 Å². The fourth-order valence-electron chi connectivity index (χ4n) is 3.19. The van der Waals surface area contributed by atoms with Crippen molar-refractivity contribution in [2.75, 3.05) is 25.0 Å². The number of sulfonamides is 1. The number of anilines is 1. The molecule has 2 aromatic rings. The molecule has 0 spiro atoms. The van der Waals surface area contributed by atoms with E-state index in [0.717, 1.165) is 48.6 Å². The maximum absolute atomic E-state index is 11.8. The molecule has 1 aromatic carbocycles. The van der Waals surface area contributed by atoms with Gasteiger partial charge >= 0.3 is 0 Å². The summed E-state index contributed by atoms with van der Waals surface area (Å²) in [6.45, 7) is 5.81. The molecule has 0 bridgehead atoms. The van der Waals surface area contributed by atoms with Crippen molar-refractivity contribution < 1.29 is 13.2 Å². The van der Waals surface area contributed by atoms with Crippen molar-refractivity contribution >= 4 is 15.8 Å². The van der Waals surface area contributed by atoms with Gasteiger partial charge in [-0.3, -0.25) is 0 Å². The van der Waals surface area contributed by atoms with E-state index in [1.54, 1.807) is 12.1 Å². The lowest BCUT2D eigenvalue weighted by Gasteiger charge is -2.33. The van der Waals surface area contributed by atoms with Crippen LogP contribution in [0.15, 0.2) is 41.4 Å². The standard InChI is InChI=1S/C19H25N3O3S/c1-14-5-4-6-15(2)19(14)25-16-9-11-22(12-10-16)18-8-7-17(13-21-18)26(23,24)20-3/h4-8,13,16,20H,9-12H2,1-3H3. The van der Waals surface area contributed by atoms with Crippen LogP contribution in [-0.4, -0.2) is 39.6 Å². The fraction of sp³-hybridized carbons (Fsp3) is 0.421. The Bertz CT molecular complexity index is 838. The van der Waals surface area contributed by atoms with Gasteiger partial charge in [0.2, 0.25) is 10.0 Å². The molecule has 0 unspecified atom stereocenters. The van der Waals surface area contributed by atoms with Crippen molar-refractivity contribution in [3.63, 3.8) is 0 Å². The van der Waals surface area contributed by atoms with Crippen molar-refractivity contribution in [1.29, 1.82) is 0 Å². The molecule has 1 fully saturated rings. The highest BCUT2D eigenvalue weighted by Gasteiger charge is 2.23. The Hall–Kier alpha value is -2.12. The summed E-state index contributed by atoms with van der Waals surface area (Å²) in [7, 11) is -2.06. The molecule has 0 atom stereocenters. The third kappa shape index (κ3) is 3.99. The minimum absolute atomic E-state index is 0.178. The van der Waals surface area contributed by atoms with E-state index in [1.165, 1.54) is 13.2 Å². The molecule has 3 rings (SSSR count). The van der Waals surface area contributed by atoms with Gasteiger partial charge < -0.3 is 9.64 Å². The molecule has 2 heterocycles. The van der Waals surface area contributed by atoms with Crippen LogP contribution in [0.3, 0.4) is 0 Å². The molecule has 0 radical (unpaired) electrons. The Balaban J connectivity index is 1.62. The minimum atomic E-state index is -3.45. The third-order valence-electron chi connectivity index (χ3n) is 4.76. The van der Waals surface area contributed by atoms with Gasteiger partial charge in [-0.05, 0) is 44.2 Å². The first kappa shape index (κ1) is 18.7. The van der Waals surface area contributed by atoms with Crippen LogP contribution in [0.2, 0.25) is 0 Å². The van der Waals surface area contributed by atoms with Crippen LogP contribution < -0.4 is 14.4 Å². The maximum atomic E-state index is 11.8. The zero-order chi connectivity index (χ0) is 18.7. The smallest absolute Gasteiger partial charge is 0.241 e. The predicted octanol–water partition coefficient (Wildman–Crippen LogP) is 2.65. The topological polar surface area (TPSA) is 71.5 Å². The van der Waals surface area contributed by atoms with Crippen LogP contribution >= 0.6 is 0 Å². The second-order valence-electron chi connectivity index (χ2n) is 6.58. The van der Waals surface area contributed by atoms with Gasteiger partial charge in [-0.25, -0.2) is 18.1 Å². The summed E-state index contributed by atoms with van der Waals surface area (Å²) in [6, 6.07) is 9.54. The average Bonchev–Trinajstić information content (AvgIpc) is 2.65. The minimum Gasteiger partial charge on any atom is -0.490 e. The molecule has 0 amide bonds. The molecule has 6 nitrogen and oxygen atoms in total. The maximum Gasteiger partial charge on any atom is 0.241 e. The molecule has 1 N–H and O–H groups in total. The van der Waals surface area contributed by atoms with E-state index in [-0.39, 0.29) is 11.0 Å². The third-order valence-corrected chi connectivity index (χ3v) is 6.16. The summed E-state index contributed by atoms with van der Waals surface area (Å²) in [5, 5.41) is 0. The summed E-state index contributed by atoms with van der Waals surface area (Å²) < 4.78 is 32.1. The van der Waals surface area contributed by atoms with Crippen molar-refractivity contribution in [2.24, 2.45) is 0 Å². The number of ether oxygens (including phenoxy) is 1. The zero-order valence-electron chi connectivity index (χ0n) is 15.4. The van der Waals surface area contributed by atoms with Gasteiger partial charge in [-0.1, -0.05) is 18.2 Å². The number of nitrogens with zero attached hydrogens (tertiary/aromatic N) is 2. The molecular weight excluding hydrogens is 350 g/mol. The van der Waals surface area contributed by atoms with Gasteiger partial charge in [0, 0.05) is 32.1 Å². The molecule has 26 heavy (non-hydrogen) atoms. The number of aryl methyl sites for hydroxylation is 2. The van der Waals surface area contributed by atoms with Crippen LogP contribution in [0.4, 0.5) is 5.82 Å². The van der Waals surface area contributed by atoms with E-state index >= 15 is 0 Å². The first-order chi connectivity index (χ1) is 12.4. The number of hydrogen-bond acceptors (Lipinski definition) is 5. The molecule has 0 saturated carbocycles. The summed E-state index contributed by atoms with van der Waals surface area (Å²) in [5.41, 5.74) is 2.32. The summed E-state index contributed by atoms with van der Waals surface area (Å²) in [4.78, 5) is 6.66. The fourth-order valence-corrected chi connectivity index (χ4v) is 3.87. The van der Waals surface area contributed by atoms with E-state index in [2.05, 4.69) is 40.6 Å². The number of para-hydroxylation sites is 1. The van der Waals surface area contributed by atoms with Crippen LogP contribution in [0, 0.1) is 13.8 Å². The van der Waals surface area contributed by atoms with Gasteiger partial charge in [-0.15, -0.1) is 0 Å². The first-order valence-electron chi connectivity index (χ1n) is 8.78. The van der Waals surface area contributed by atoms with E-state index in [0.29, 0.717) is 0 Å². The second-order valence-corrected chi connectivity index (χ2v) is 8.47. The highest BCUT2D eigenvalue weighted by Crippen LogP contribution is 2.27. The summed E-state index contributed by atoms with van der Waals surface area (Å²) >= 11 is 0. The van der Waals surface area contributed by atoms with Crippen molar-refractivity contribution in [1.82, 2.24) is 9.71 Å². The average molecular weight is 375 g/mol. The van der Waals surface area contributed by atoms with E-state index in [4.69, 9.17) is 4.74 Å². The highest BCUT2D eigenvalue weighted by molar-refractivity contribution is 7.89. The van der Waals surface area contributed by atoms with Crippen LogP contribution in [0.25, 0.3) is 0 Å². The number of aromatic nitrogens is 1. The van der Waals surface area contributed by atoms with E-state index < -0.39 is 10.0 Å². The first-order valence-corrected chi connectivity index (χ1v) is 10.3. The highest BCUT2D eigenvalue weighted by atomic mass is 32.2. The Morgan fingerprint density at radius 1 is 1.12 bits per heavy atom. The Morgan fingerprint density at radius 2 is 1.77 bits per heavy atom. The number of benzene rings is 1. The SMILES string of the molecule is CNS(=O)(=O)c1ccc(N2CCC(Oc3c(C)cccc3C)CC2)nc1. The molecule has 1 saturated heterocycles. The molecule has 1 aromatic heterocycles. The van der Waals surface area contributed by atoms with Gasteiger partial charge in [0.05, 0.1) is 0 Å². The lowest BCUT2D eigenvalue weighted by atomic mass is 10.1. The zero-order valence-corrected chi connectivity index (χ0v) is 16.2. The number of rotatable bonds is 5. The largest absolute Gasteiger partial charge is 0.490 e. The van der Waals surface area contributed by atoms with E-state index in [1.807, 2.05) is 6.07 Å². The lowest BCUT2D eigenvalue weighted by molar-refractivity contribution is 0.168. The monoisotopic (exact) mass is 375 g/mol. The molecule has 7 heteroatoms. The lowest BCUT2D eigenvalue weighted by Crippen LogP contribution is -2.38. The predicted molar refractivity (Wildman–Crippen MR) is 102 cm³/mol. The quantitative estimate of drug-likeness (QED) is 0.870. The Labute approximate surface area is 155 Å². The molecule has 1 aliphatic rings. The Morgan fingerprint density at radius 3 is 2.31 bits per heavy atom. The van der Waals surface area contributed by atoms with Crippen molar-refractivity contribution in [3.8, 4) is 5.75 Å². The molecular formula is C19H25N3O3S. The van der Waals surface area contributed by atoms with Crippen LogP contribution in [0.5, 0.6) is 5.75 Å². The second kappa shape index (κ2) is 7.63. The number of pyridine rings is 1. The Kier molecular flexibility index (Phi) is 5.48. The van der Waals surface area contributed by atoms with Gasteiger partial charge in [0.15, 0.2) is 0 Å². The van der Waals surface area contributed by atoms with Crippen LogP contribution in [-0.2, 0) is 10.0 Å². The molecule has 0 aliphatic carbocycles. The number of piperidine rings is 1. The molecule has 1 aliphatic heterocycles. The normalized spacial score (nSPS) is 15.9. The van der Waals surface area contributed by atoms with E-state index in [9.17, 15) is 8.42 Å². The van der Waals surface area contributed by atoms with Crippen molar-refractivity contribution in [3.05, 3.63) is 47.7 Å². The van der Waals surface area contributed by atoms with Gasteiger partial charge in [0.25, 0.3) is 0 Å². The number of hydrogen-bond donors (Lipinski definition) is 1. The number of nitrogens with one attached hydrogen (secondary N) is 1. The molecule has 140 valence electrons. The van der Waals surface area contributed by atoms with Gasteiger partial charge in [0.1, 0.15) is 22.6 Å². The summed E-state index contributed by atoms with van der Waals surface area (Å²) in [6.07, 6.45) is 3.41. The summed E-state index contributed by atoms with van der Waals surface area (Å²) in [5.74, 6) is 1.79. The van der Waals surface area contributed by atoms with Gasteiger partial charge in [-0.2, -0.15) is 0 Å².